The molecule has 2 N–H and O–H groups in total. The summed E-state index contributed by atoms with van der Waals surface area (Å²) in [6.07, 6.45) is 0.0826. The van der Waals surface area contributed by atoms with Gasteiger partial charge in [-0.05, 0) is 67.9 Å². The number of nitrogens with one attached hydrogen (secondary N) is 2. The molecule has 0 spiro atoms. The van der Waals surface area contributed by atoms with Gasteiger partial charge in [-0.2, -0.15) is 0 Å². The lowest BCUT2D eigenvalue weighted by Crippen LogP contribution is -2.18. The summed E-state index contributed by atoms with van der Waals surface area (Å²) in [5, 5.41) is 2.78. The van der Waals surface area contributed by atoms with Crippen LogP contribution in [0.2, 0.25) is 0 Å². The summed E-state index contributed by atoms with van der Waals surface area (Å²) in [7, 11) is -3.99. The van der Waals surface area contributed by atoms with E-state index in [-0.39, 0.29) is 22.3 Å². The molecule has 0 radical (unpaired) electrons. The highest BCUT2D eigenvalue weighted by molar-refractivity contribution is 7.92. The van der Waals surface area contributed by atoms with Gasteiger partial charge in [-0.15, -0.1) is 0 Å². The topological polar surface area (TPSA) is 84.5 Å². The van der Waals surface area contributed by atoms with Crippen molar-refractivity contribution in [1.82, 2.24) is 0 Å². The quantitative estimate of drug-likeness (QED) is 0.525. The van der Waals surface area contributed by atoms with Crippen LogP contribution in [0.4, 0.5) is 15.8 Å². The number of carbonyl (C=O) groups excluding carboxylic acids is 1. The van der Waals surface area contributed by atoms with Gasteiger partial charge >= 0.3 is 0 Å². The van der Waals surface area contributed by atoms with Crippen molar-refractivity contribution >= 4 is 27.3 Å². The van der Waals surface area contributed by atoms with Gasteiger partial charge < -0.3 is 10.1 Å². The zero-order valence-corrected chi connectivity index (χ0v) is 17.9. The Morgan fingerprint density at radius 2 is 1.71 bits per heavy atom. The van der Waals surface area contributed by atoms with E-state index >= 15 is 0 Å². The normalized spacial score (nSPS) is 11.4. The van der Waals surface area contributed by atoms with Crippen molar-refractivity contribution in [2.24, 2.45) is 0 Å². The average Bonchev–Trinajstić information content (AvgIpc) is 2.73. The number of benzene rings is 3. The van der Waals surface area contributed by atoms with E-state index in [0.29, 0.717) is 12.3 Å². The van der Waals surface area contributed by atoms with E-state index in [0.717, 1.165) is 29.8 Å². The molecule has 3 aromatic carbocycles. The molecule has 0 aromatic heterocycles. The van der Waals surface area contributed by atoms with Gasteiger partial charge in [0, 0.05) is 5.69 Å². The van der Waals surface area contributed by atoms with Crippen molar-refractivity contribution in [2.75, 3.05) is 10.0 Å². The molecule has 0 unspecified atom stereocenters. The van der Waals surface area contributed by atoms with E-state index in [4.69, 9.17) is 4.74 Å². The largest absolute Gasteiger partial charge is 0.374 e. The van der Waals surface area contributed by atoms with Crippen LogP contribution in [0, 0.1) is 5.82 Å². The first-order valence-electron chi connectivity index (χ1n) is 9.64. The highest BCUT2D eigenvalue weighted by Crippen LogP contribution is 2.22. The molecular formula is C23H23FN2O4S. The summed E-state index contributed by atoms with van der Waals surface area (Å²) in [5.74, 6) is -1.01. The smallest absolute Gasteiger partial charge is 0.261 e. The minimum absolute atomic E-state index is 0.0826. The molecule has 0 atom stereocenters. The summed E-state index contributed by atoms with van der Waals surface area (Å²) in [4.78, 5) is 12.7. The summed E-state index contributed by atoms with van der Waals surface area (Å²) in [6.45, 7) is 4.29. The zero-order chi connectivity index (χ0) is 22.4. The molecule has 0 saturated carbocycles. The molecule has 0 aliphatic rings. The van der Waals surface area contributed by atoms with Crippen LogP contribution >= 0.6 is 0 Å². The number of anilines is 2. The third kappa shape index (κ3) is 6.13. The maximum absolute atomic E-state index is 13.1. The second-order valence-corrected chi connectivity index (χ2v) is 8.80. The third-order valence-corrected chi connectivity index (χ3v) is 5.69. The minimum atomic E-state index is -3.99. The lowest BCUT2D eigenvalue weighted by molar-refractivity contribution is 0.0657. The number of halogens is 1. The Labute approximate surface area is 181 Å². The molecule has 3 rings (SSSR count). The van der Waals surface area contributed by atoms with Crippen molar-refractivity contribution < 1.29 is 22.3 Å². The minimum Gasteiger partial charge on any atom is -0.374 e. The Bertz CT molecular complexity index is 1160. The summed E-state index contributed by atoms with van der Waals surface area (Å²) >= 11 is 0. The van der Waals surface area contributed by atoms with E-state index in [2.05, 4.69) is 10.0 Å². The van der Waals surface area contributed by atoms with Crippen LogP contribution in [0.25, 0.3) is 0 Å². The first kappa shape index (κ1) is 22.5. The van der Waals surface area contributed by atoms with Crippen molar-refractivity contribution in [3.8, 4) is 0 Å². The third-order valence-electron chi connectivity index (χ3n) is 4.31. The Hall–Kier alpha value is -3.23. The van der Waals surface area contributed by atoms with E-state index in [9.17, 15) is 17.6 Å². The molecule has 0 fully saturated rings. The number of rotatable bonds is 8. The van der Waals surface area contributed by atoms with E-state index in [1.807, 2.05) is 19.9 Å². The van der Waals surface area contributed by atoms with Crippen LogP contribution in [0.3, 0.4) is 0 Å². The van der Waals surface area contributed by atoms with E-state index < -0.39 is 21.7 Å². The zero-order valence-electron chi connectivity index (χ0n) is 17.1. The van der Waals surface area contributed by atoms with Crippen LogP contribution in [-0.2, 0) is 21.4 Å². The van der Waals surface area contributed by atoms with Gasteiger partial charge in [0.25, 0.3) is 15.9 Å². The van der Waals surface area contributed by atoms with Gasteiger partial charge in [0.2, 0.25) is 0 Å². The fraction of sp³-hybridized carbons (Fsp3) is 0.174. The van der Waals surface area contributed by atoms with Crippen molar-refractivity contribution in [2.45, 2.75) is 31.5 Å². The molecule has 6 nitrogen and oxygen atoms in total. The number of hydrogen-bond acceptors (Lipinski definition) is 4. The first-order chi connectivity index (χ1) is 14.7. The number of hydrogen-bond donors (Lipinski definition) is 2. The molecule has 31 heavy (non-hydrogen) atoms. The standard InChI is InChI=1S/C23H23FN2O4S/c1-16(2)30-15-17-6-5-7-19(14-17)25-23(27)21-8-3-4-9-22(21)26-31(28,29)20-12-10-18(24)11-13-20/h3-14,16,26H,15H2,1-2H3,(H,25,27). The predicted molar refractivity (Wildman–Crippen MR) is 118 cm³/mol. The second-order valence-electron chi connectivity index (χ2n) is 7.12. The van der Waals surface area contributed by atoms with Gasteiger partial charge in [-0.25, -0.2) is 12.8 Å². The Kier molecular flexibility index (Phi) is 7.04. The maximum atomic E-state index is 13.1. The molecule has 162 valence electrons. The lowest BCUT2D eigenvalue weighted by Gasteiger charge is -2.13. The summed E-state index contributed by atoms with van der Waals surface area (Å²) in [5.41, 5.74) is 1.73. The molecule has 3 aromatic rings. The summed E-state index contributed by atoms with van der Waals surface area (Å²) < 4.78 is 46.4. The van der Waals surface area contributed by atoms with Gasteiger partial charge in [0.05, 0.1) is 28.9 Å². The first-order valence-corrected chi connectivity index (χ1v) is 11.1. The maximum Gasteiger partial charge on any atom is 0.261 e. The Morgan fingerprint density at radius 1 is 1.00 bits per heavy atom. The number of ether oxygens (including phenoxy) is 1. The monoisotopic (exact) mass is 442 g/mol. The van der Waals surface area contributed by atoms with Gasteiger partial charge in [0.1, 0.15) is 5.82 Å². The fourth-order valence-electron chi connectivity index (χ4n) is 2.79. The molecule has 0 saturated heterocycles. The number of amides is 1. The molecule has 0 aliphatic carbocycles. The van der Waals surface area contributed by atoms with Crippen LogP contribution < -0.4 is 10.0 Å². The molecule has 1 amide bonds. The highest BCUT2D eigenvalue weighted by atomic mass is 32.2. The molecule has 0 heterocycles. The Morgan fingerprint density at radius 3 is 2.42 bits per heavy atom. The van der Waals surface area contributed by atoms with E-state index in [1.165, 1.54) is 12.1 Å². The van der Waals surface area contributed by atoms with Crippen molar-refractivity contribution in [3.05, 3.63) is 89.7 Å². The van der Waals surface area contributed by atoms with Gasteiger partial charge in [-0.1, -0.05) is 24.3 Å². The van der Waals surface area contributed by atoms with Crippen LogP contribution in [0.15, 0.2) is 77.7 Å². The lowest BCUT2D eigenvalue weighted by atomic mass is 10.1. The van der Waals surface area contributed by atoms with Crippen LogP contribution in [0.5, 0.6) is 0 Å². The molecule has 0 aliphatic heterocycles. The van der Waals surface area contributed by atoms with Crippen LogP contribution in [0.1, 0.15) is 29.8 Å². The van der Waals surface area contributed by atoms with Crippen LogP contribution in [-0.4, -0.2) is 20.4 Å². The predicted octanol–water partition coefficient (Wildman–Crippen LogP) is 4.80. The molecule has 8 heteroatoms. The van der Waals surface area contributed by atoms with Gasteiger partial charge in [-0.3, -0.25) is 9.52 Å². The highest BCUT2D eigenvalue weighted by Gasteiger charge is 2.19. The van der Waals surface area contributed by atoms with E-state index in [1.54, 1.807) is 30.3 Å². The fourth-order valence-corrected chi connectivity index (χ4v) is 3.87. The molecular weight excluding hydrogens is 419 g/mol. The van der Waals surface area contributed by atoms with Crippen molar-refractivity contribution in [1.29, 1.82) is 0 Å². The van der Waals surface area contributed by atoms with Crippen molar-refractivity contribution in [3.63, 3.8) is 0 Å². The number of sulfonamides is 1. The molecule has 0 bridgehead atoms. The average molecular weight is 443 g/mol. The number of para-hydroxylation sites is 1. The second kappa shape index (κ2) is 9.72. The SMILES string of the molecule is CC(C)OCc1cccc(NC(=O)c2ccccc2NS(=O)(=O)c2ccc(F)cc2)c1. The summed E-state index contributed by atoms with van der Waals surface area (Å²) in [6, 6.07) is 17.9. The Balaban J connectivity index is 1.79. The number of carbonyl (C=O) groups is 1. The van der Waals surface area contributed by atoms with Gasteiger partial charge in [0.15, 0.2) is 0 Å².